The zero-order valence-electron chi connectivity index (χ0n) is 2.38. The second kappa shape index (κ2) is 46.5. The first-order valence-corrected chi connectivity index (χ1v) is 0. The molecule has 0 bridgehead atoms. The molecule has 7 heteroatoms. The summed E-state index contributed by atoms with van der Waals surface area (Å²) in [5, 5.41) is 0. The average molecular weight is 831 g/mol. The van der Waals surface area contributed by atoms with Gasteiger partial charge in [0, 0.05) is 139 Å². The van der Waals surface area contributed by atoms with E-state index in [0.717, 1.165) is 0 Å². The van der Waals surface area contributed by atoms with Gasteiger partial charge in [0.15, 0.2) is 0 Å². The van der Waals surface area contributed by atoms with Crippen molar-refractivity contribution in [1.29, 1.82) is 0 Å². The van der Waals surface area contributed by atoms with Crippen LogP contribution in [0.25, 0.3) is 0 Å². The molecule has 0 aromatic rings. The first-order chi connectivity index (χ1) is 0. The molecular formula is H3BCoCrNdPtReTa. The third-order valence-corrected chi connectivity index (χ3v) is 0. The van der Waals surface area contributed by atoms with Crippen LogP contribution in [0.5, 0.6) is 0 Å². The van der Waals surface area contributed by atoms with Crippen LogP contribution in [0.2, 0.25) is 0 Å². The van der Waals surface area contributed by atoms with Crippen molar-refractivity contribution >= 4 is 8.41 Å². The van der Waals surface area contributed by atoms with Gasteiger partial charge in [-0.2, -0.15) is 0 Å². The Balaban J connectivity index is 0. The molecule has 0 rings (SSSR count). The molecule has 0 fully saturated rings. The van der Waals surface area contributed by atoms with E-state index in [-0.39, 0.29) is 147 Å². The summed E-state index contributed by atoms with van der Waals surface area (Å²) in [5.41, 5.74) is 0. The maximum atomic E-state index is 0. The molecule has 0 atom stereocenters. The van der Waals surface area contributed by atoms with Gasteiger partial charge in [0.1, 0.15) is 0 Å². The molecule has 0 aliphatic carbocycles. The monoisotopic (exact) mass is 830 g/mol. The quantitative estimate of drug-likeness (QED) is 0.270. The van der Waals surface area contributed by atoms with E-state index in [1.165, 1.54) is 0 Å². The number of rotatable bonds is 0. The first kappa shape index (κ1) is 62.1. The summed E-state index contributed by atoms with van der Waals surface area (Å²) in [7, 11) is 0. The van der Waals surface area contributed by atoms with Crippen molar-refractivity contribution in [3.05, 3.63) is 0 Å². The fraction of sp³-hybridized carbons (Fsp3) is 0. The maximum absolute atomic E-state index is 0. The number of hydrogen-bond donors (Lipinski definition) is 0. The van der Waals surface area contributed by atoms with Gasteiger partial charge < -0.3 is 0 Å². The first-order valence-electron chi connectivity index (χ1n) is 0. The van der Waals surface area contributed by atoms with E-state index in [4.69, 9.17) is 0 Å². The second-order valence-electron chi connectivity index (χ2n) is 0. The normalized spacial score (nSPS) is 0. The van der Waals surface area contributed by atoms with Crippen LogP contribution in [-0.2, 0) is 98.0 Å². The third kappa shape index (κ3) is 37.3. The smallest absolute Gasteiger partial charge is 0 e. The Bertz CT molecular complexity index is 19.7. The summed E-state index contributed by atoms with van der Waals surface area (Å²) in [4.78, 5) is 0. The molecule has 0 aromatic heterocycles. The minimum absolute atomic E-state index is 0. The van der Waals surface area contributed by atoms with Crippen LogP contribution in [0.4, 0.5) is 0 Å². The molecule has 3 radical (unpaired) electrons. The van der Waals surface area contributed by atoms with E-state index < -0.39 is 0 Å². The summed E-state index contributed by atoms with van der Waals surface area (Å²) < 4.78 is 0. The molecule has 0 amide bonds. The Hall–Kier alpha value is 4.55. The molecule has 0 aliphatic heterocycles. The Morgan fingerprint density at radius 3 is 1.00 bits per heavy atom. The predicted molar refractivity (Wildman–Crippen MR) is 9.94 cm³/mol. The van der Waals surface area contributed by atoms with Gasteiger partial charge in [-0.25, -0.2) is 0 Å². The van der Waals surface area contributed by atoms with Crippen LogP contribution >= 0.6 is 0 Å². The van der Waals surface area contributed by atoms with Gasteiger partial charge in [0.05, 0.1) is 8.41 Å². The predicted octanol–water partition coefficient (Wildman–Crippen LogP) is -1.20. The molecule has 0 aromatic carbocycles. The average Bonchev–Trinajstić information content (AvgIpc) is 0. The molecule has 0 saturated carbocycles. The minimum atomic E-state index is 0. The van der Waals surface area contributed by atoms with Gasteiger partial charge in [0.25, 0.3) is 0 Å². The van der Waals surface area contributed by atoms with Crippen molar-refractivity contribution in [3.63, 3.8) is 0 Å². The summed E-state index contributed by atoms with van der Waals surface area (Å²) in [6.45, 7) is 0. The van der Waals surface area contributed by atoms with Gasteiger partial charge in [0.2, 0.25) is 0 Å². The van der Waals surface area contributed by atoms with Crippen molar-refractivity contribution in [2.24, 2.45) is 0 Å². The zero-order chi connectivity index (χ0) is 0. The van der Waals surface area contributed by atoms with Gasteiger partial charge in [-0.3, -0.25) is 0 Å². The van der Waals surface area contributed by atoms with Crippen LogP contribution < -0.4 is 0 Å². The molecule has 47 valence electrons. The van der Waals surface area contributed by atoms with Crippen LogP contribution in [-0.4, -0.2) is 8.41 Å². The topological polar surface area (TPSA) is 0 Å². The molecule has 0 N–H and O–H groups in total. The molecule has 0 saturated heterocycles. The van der Waals surface area contributed by atoms with Crippen LogP contribution in [0, 0.1) is 40.8 Å². The molecular weight excluding hydrogens is 828 g/mol. The molecule has 0 spiro atoms. The fourth-order valence-corrected chi connectivity index (χ4v) is 0. The zero-order valence-corrected chi connectivity index (χ0v) is 16.1. The van der Waals surface area contributed by atoms with Crippen molar-refractivity contribution in [1.82, 2.24) is 0 Å². The Morgan fingerprint density at radius 1 is 1.00 bits per heavy atom. The van der Waals surface area contributed by atoms with E-state index in [2.05, 4.69) is 0 Å². The molecule has 0 aliphatic rings. The van der Waals surface area contributed by atoms with Gasteiger partial charge in [-0.05, 0) is 0 Å². The summed E-state index contributed by atoms with van der Waals surface area (Å²) in [6.07, 6.45) is 0. The molecule has 0 unspecified atom stereocenters. The largest absolute Gasteiger partial charge is 0.0814 e. The maximum Gasteiger partial charge on any atom is 0.0814 e. The van der Waals surface area contributed by atoms with Gasteiger partial charge in [-0.15, -0.1) is 0 Å². The van der Waals surface area contributed by atoms with Crippen LogP contribution in [0.15, 0.2) is 0 Å². The standard InChI is InChI=1S/BH3.Co.Cr.Nd.Pt.Re.Ta/h1H3;;;;;;. The van der Waals surface area contributed by atoms with Crippen molar-refractivity contribution < 1.29 is 139 Å². The van der Waals surface area contributed by atoms with Gasteiger partial charge >= 0.3 is 0 Å². The van der Waals surface area contributed by atoms with Crippen LogP contribution in [0.3, 0.4) is 0 Å². The Labute approximate surface area is 144 Å². The second-order valence-corrected chi connectivity index (χ2v) is 0. The summed E-state index contributed by atoms with van der Waals surface area (Å²) in [6, 6.07) is 0. The Kier molecular flexibility index (Phi) is 413. The molecule has 0 nitrogen and oxygen atoms in total. The fourth-order valence-electron chi connectivity index (χ4n) is 0. The SMILES string of the molecule is B.[Co].[Cr].[Nd].[Pt].[Re].[Ta]. The summed E-state index contributed by atoms with van der Waals surface area (Å²) >= 11 is 0. The summed E-state index contributed by atoms with van der Waals surface area (Å²) in [5.74, 6) is 0. The minimum Gasteiger partial charge on any atom is 0 e. The third-order valence-electron chi connectivity index (χ3n) is 0. The van der Waals surface area contributed by atoms with E-state index in [1.807, 2.05) is 0 Å². The van der Waals surface area contributed by atoms with E-state index in [9.17, 15) is 0 Å². The molecule has 0 heterocycles. The Morgan fingerprint density at radius 2 is 1.00 bits per heavy atom. The van der Waals surface area contributed by atoms with E-state index in [1.54, 1.807) is 0 Å². The van der Waals surface area contributed by atoms with Gasteiger partial charge in [-0.1, -0.05) is 0 Å². The van der Waals surface area contributed by atoms with Crippen molar-refractivity contribution in [2.45, 2.75) is 0 Å². The van der Waals surface area contributed by atoms with Crippen molar-refractivity contribution in [2.75, 3.05) is 0 Å². The number of hydrogen-bond acceptors (Lipinski definition) is 0. The van der Waals surface area contributed by atoms with Crippen LogP contribution in [0.1, 0.15) is 0 Å². The molecule has 7 heavy (non-hydrogen) atoms. The van der Waals surface area contributed by atoms with E-state index >= 15 is 0 Å². The van der Waals surface area contributed by atoms with Crippen molar-refractivity contribution in [3.8, 4) is 0 Å². The van der Waals surface area contributed by atoms with E-state index in [0.29, 0.717) is 0 Å².